The third kappa shape index (κ3) is 4.13. The Hall–Kier alpha value is -2.18. The molecule has 1 heterocycles. The molecule has 0 saturated carbocycles. The average Bonchev–Trinajstić information content (AvgIpc) is 3.11. The van der Waals surface area contributed by atoms with Gasteiger partial charge in [0, 0.05) is 15.5 Å². The second-order valence-corrected chi connectivity index (χ2v) is 8.28. The minimum absolute atomic E-state index is 0.0238. The van der Waals surface area contributed by atoms with E-state index in [2.05, 4.69) is 54.6 Å². The molecule has 3 nitrogen and oxygen atoms in total. The van der Waals surface area contributed by atoms with E-state index in [0.717, 1.165) is 25.6 Å². The minimum Gasteiger partial charge on any atom is -0.352 e. The largest absolute Gasteiger partial charge is 0.352 e. The standard InChI is InChI=1S/C22H18Br2FN3/c23-18-10-3-1-8-16(18)20-21(17-9-2-4-11-19(17)24)28-22(27-20)26-13-14-6-5-7-15(25)12-14/h1-12,20-21H,13H2,(H2,26,27,28). The van der Waals surface area contributed by atoms with Crippen LogP contribution in [0.1, 0.15) is 28.8 Å². The second kappa shape index (κ2) is 8.45. The molecule has 142 valence electrons. The summed E-state index contributed by atoms with van der Waals surface area (Å²) in [5, 5.41) is 6.81. The summed E-state index contributed by atoms with van der Waals surface area (Å²) in [6, 6.07) is 22.7. The maximum absolute atomic E-state index is 13.4. The van der Waals surface area contributed by atoms with Crippen molar-refractivity contribution >= 4 is 37.8 Å². The molecule has 0 spiro atoms. The highest BCUT2D eigenvalue weighted by Gasteiger charge is 2.33. The zero-order valence-electron chi connectivity index (χ0n) is 14.9. The first-order chi connectivity index (χ1) is 13.6. The Bertz CT molecular complexity index is 1020. The van der Waals surface area contributed by atoms with E-state index in [-0.39, 0.29) is 17.9 Å². The number of hydrogen-bond acceptors (Lipinski definition) is 3. The van der Waals surface area contributed by atoms with Gasteiger partial charge in [-0.15, -0.1) is 0 Å². The molecule has 0 aliphatic carbocycles. The summed E-state index contributed by atoms with van der Waals surface area (Å²) in [6.45, 7) is 0.495. The highest BCUT2D eigenvalue weighted by atomic mass is 79.9. The lowest BCUT2D eigenvalue weighted by molar-refractivity contribution is 0.566. The SMILES string of the molecule is Fc1cccc(CNC2=NC(c3ccccc3Br)C(c3ccccc3Br)N2)c1. The van der Waals surface area contributed by atoms with Crippen molar-refractivity contribution in [3.8, 4) is 0 Å². The molecular weight excluding hydrogens is 485 g/mol. The molecule has 4 rings (SSSR count). The van der Waals surface area contributed by atoms with Crippen LogP contribution >= 0.6 is 31.9 Å². The fourth-order valence-corrected chi connectivity index (χ4v) is 4.40. The molecule has 28 heavy (non-hydrogen) atoms. The molecule has 6 heteroatoms. The smallest absolute Gasteiger partial charge is 0.192 e. The zero-order chi connectivity index (χ0) is 19.5. The molecule has 2 N–H and O–H groups in total. The fourth-order valence-electron chi connectivity index (χ4n) is 3.35. The normalized spacial score (nSPS) is 18.5. The van der Waals surface area contributed by atoms with Crippen LogP contribution in [0, 0.1) is 5.82 Å². The van der Waals surface area contributed by atoms with E-state index in [1.54, 1.807) is 6.07 Å². The fraction of sp³-hybridized carbons (Fsp3) is 0.136. The summed E-state index contributed by atoms with van der Waals surface area (Å²) in [7, 11) is 0. The lowest BCUT2D eigenvalue weighted by Crippen LogP contribution is -2.35. The number of rotatable bonds is 4. The number of aliphatic imine (C=N–C) groups is 1. The second-order valence-electron chi connectivity index (χ2n) is 6.57. The van der Waals surface area contributed by atoms with Gasteiger partial charge in [0.25, 0.3) is 0 Å². The van der Waals surface area contributed by atoms with Crippen LogP contribution in [0.5, 0.6) is 0 Å². The molecule has 0 radical (unpaired) electrons. The van der Waals surface area contributed by atoms with E-state index in [1.165, 1.54) is 12.1 Å². The zero-order valence-corrected chi connectivity index (χ0v) is 18.0. The van der Waals surface area contributed by atoms with Crippen molar-refractivity contribution in [1.82, 2.24) is 10.6 Å². The van der Waals surface area contributed by atoms with Crippen molar-refractivity contribution in [2.75, 3.05) is 0 Å². The summed E-state index contributed by atoms with van der Waals surface area (Å²) in [5.74, 6) is 0.462. The molecule has 2 atom stereocenters. The van der Waals surface area contributed by atoms with Crippen LogP contribution in [0.2, 0.25) is 0 Å². The van der Waals surface area contributed by atoms with E-state index in [4.69, 9.17) is 4.99 Å². The molecule has 0 fully saturated rings. The number of nitrogens with zero attached hydrogens (tertiary/aromatic N) is 1. The van der Waals surface area contributed by atoms with Crippen LogP contribution in [0.25, 0.3) is 0 Å². The van der Waals surface area contributed by atoms with Gasteiger partial charge in [-0.25, -0.2) is 9.38 Å². The lowest BCUT2D eigenvalue weighted by atomic mass is 9.95. The minimum atomic E-state index is -0.238. The molecule has 0 amide bonds. The average molecular weight is 503 g/mol. The van der Waals surface area contributed by atoms with Gasteiger partial charge in [0.15, 0.2) is 5.96 Å². The Morgan fingerprint density at radius 1 is 0.893 bits per heavy atom. The Morgan fingerprint density at radius 3 is 2.25 bits per heavy atom. The van der Waals surface area contributed by atoms with Gasteiger partial charge < -0.3 is 10.6 Å². The predicted octanol–water partition coefficient (Wildman–Crippen LogP) is 5.88. The Kier molecular flexibility index (Phi) is 5.78. The number of halogens is 3. The third-order valence-corrected chi connectivity index (χ3v) is 6.13. The van der Waals surface area contributed by atoms with Crippen LogP contribution in [0.15, 0.2) is 86.7 Å². The molecule has 2 unspecified atom stereocenters. The lowest BCUT2D eigenvalue weighted by Gasteiger charge is -2.21. The van der Waals surface area contributed by atoms with Gasteiger partial charge in [-0.1, -0.05) is 80.4 Å². The first kappa shape index (κ1) is 19.2. The van der Waals surface area contributed by atoms with Crippen LogP contribution < -0.4 is 10.6 Å². The summed E-state index contributed by atoms with van der Waals surface area (Å²) < 4.78 is 15.5. The van der Waals surface area contributed by atoms with Gasteiger partial charge in [-0.3, -0.25) is 0 Å². The molecule has 3 aromatic rings. The van der Waals surface area contributed by atoms with E-state index in [1.807, 2.05) is 42.5 Å². The molecule has 0 bridgehead atoms. The monoisotopic (exact) mass is 501 g/mol. The van der Waals surface area contributed by atoms with Crippen molar-refractivity contribution in [1.29, 1.82) is 0 Å². The summed E-state index contributed by atoms with van der Waals surface area (Å²) in [5.41, 5.74) is 3.11. The van der Waals surface area contributed by atoms with E-state index < -0.39 is 0 Å². The van der Waals surface area contributed by atoms with Crippen LogP contribution in [-0.4, -0.2) is 5.96 Å². The maximum Gasteiger partial charge on any atom is 0.192 e. The van der Waals surface area contributed by atoms with Gasteiger partial charge in [0.2, 0.25) is 0 Å². The molecule has 0 saturated heterocycles. The first-order valence-electron chi connectivity index (χ1n) is 8.93. The molecule has 3 aromatic carbocycles. The quantitative estimate of drug-likeness (QED) is 0.467. The Morgan fingerprint density at radius 2 is 1.57 bits per heavy atom. The van der Waals surface area contributed by atoms with Crippen LogP contribution in [0.3, 0.4) is 0 Å². The van der Waals surface area contributed by atoms with Crippen molar-refractivity contribution in [2.24, 2.45) is 4.99 Å². The molecule has 0 aromatic heterocycles. The van der Waals surface area contributed by atoms with Gasteiger partial charge >= 0.3 is 0 Å². The number of benzene rings is 3. The number of nitrogens with one attached hydrogen (secondary N) is 2. The third-order valence-electron chi connectivity index (χ3n) is 4.69. The number of guanidine groups is 1. The van der Waals surface area contributed by atoms with Crippen molar-refractivity contribution in [3.05, 3.63) is 104 Å². The first-order valence-corrected chi connectivity index (χ1v) is 10.5. The van der Waals surface area contributed by atoms with E-state index in [9.17, 15) is 4.39 Å². The molecular formula is C22H18Br2FN3. The molecule has 1 aliphatic heterocycles. The summed E-state index contributed by atoms with van der Waals surface area (Å²) in [6.07, 6.45) is 0. The Labute approximate surface area is 180 Å². The van der Waals surface area contributed by atoms with Gasteiger partial charge in [0.05, 0.1) is 6.04 Å². The van der Waals surface area contributed by atoms with E-state index in [0.29, 0.717) is 12.5 Å². The Balaban J connectivity index is 1.62. The van der Waals surface area contributed by atoms with Gasteiger partial charge in [-0.05, 0) is 41.0 Å². The van der Waals surface area contributed by atoms with Crippen LogP contribution in [0.4, 0.5) is 4.39 Å². The predicted molar refractivity (Wildman–Crippen MR) is 118 cm³/mol. The van der Waals surface area contributed by atoms with Crippen molar-refractivity contribution in [3.63, 3.8) is 0 Å². The maximum atomic E-state index is 13.4. The summed E-state index contributed by atoms with van der Waals surface area (Å²) >= 11 is 7.32. The molecule has 1 aliphatic rings. The van der Waals surface area contributed by atoms with Gasteiger partial charge in [-0.2, -0.15) is 0 Å². The highest BCUT2D eigenvalue weighted by Crippen LogP contribution is 2.40. The van der Waals surface area contributed by atoms with Crippen molar-refractivity contribution in [2.45, 2.75) is 18.6 Å². The summed E-state index contributed by atoms with van der Waals surface area (Å²) in [4.78, 5) is 4.91. The van der Waals surface area contributed by atoms with Crippen LogP contribution in [-0.2, 0) is 6.54 Å². The topological polar surface area (TPSA) is 36.4 Å². The highest BCUT2D eigenvalue weighted by molar-refractivity contribution is 9.10. The van der Waals surface area contributed by atoms with E-state index >= 15 is 0 Å². The number of hydrogen-bond donors (Lipinski definition) is 2. The van der Waals surface area contributed by atoms with Gasteiger partial charge in [0.1, 0.15) is 11.9 Å². The van der Waals surface area contributed by atoms with Crippen molar-refractivity contribution < 1.29 is 4.39 Å².